The van der Waals surface area contributed by atoms with Crippen LogP contribution in [0.2, 0.25) is 0 Å². The molecule has 0 saturated carbocycles. The number of aryl methyl sites for hydroxylation is 2. The van der Waals surface area contributed by atoms with Crippen LogP contribution in [-0.2, 0) is 13.5 Å². The molecule has 4 rings (SSSR count). The summed E-state index contributed by atoms with van der Waals surface area (Å²) in [4.78, 5) is 12.6. The monoisotopic (exact) mass is 407 g/mol. The topological polar surface area (TPSA) is 46.9 Å². The third-order valence-corrected chi connectivity index (χ3v) is 5.25. The zero-order chi connectivity index (χ0) is 21.8. The van der Waals surface area contributed by atoms with Gasteiger partial charge in [0.1, 0.15) is 5.82 Å². The number of rotatable bonds is 6. The van der Waals surface area contributed by atoms with E-state index < -0.39 is 0 Å². The highest BCUT2D eigenvalue weighted by atomic mass is 16.1. The van der Waals surface area contributed by atoms with Gasteiger partial charge in [-0.05, 0) is 42.2 Å². The molecule has 0 aliphatic heterocycles. The van der Waals surface area contributed by atoms with Crippen molar-refractivity contribution in [2.45, 2.75) is 13.3 Å². The second-order valence-electron chi connectivity index (χ2n) is 7.71. The summed E-state index contributed by atoms with van der Waals surface area (Å²) < 4.78 is 1.69. The Hall–Kier alpha value is -3.92. The number of anilines is 1. The summed E-state index contributed by atoms with van der Waals surface area (Å²) in [6.07, 6.45) is 0.796. The first-order valence-electron chi connectivity index (χ1n) is 10.2. The highest BCUT2D eigenvalue weighted by Gasteiger charge is 2.12. The van der Waals surface area contributed by atoms with Gasteiger partial charge in [0.05, 0.1) is 5.69 Å². The van der Waals surface area contributed by atoms with Gasteiger partial charge in [0.25, 0.3) is 5.91 Å². The number of amides is 1. The lowest BCUT2D eigenvalue weighted by molar-refractivity contribution is 0.102. The van der Waals surface area contributed by atoms with Crippen LogP contribution in [0.1, 0.15) is 27.0 Å². The van der Waals surface area contributed by atoms with E-state index in [0.29, 0.717) is 11.4 Å². The molecule has 0 saturated heterocycles. The van der Waals surface area contributed by atoms with E-state index in [-0.39, 0.29) is 5.91 Å². The summed E-state index contributed by atoms with van der Waals surface area (Å²) in [5.41, 5.74) is 6.94. The SMILES string of the molecule is C=C(Cc1ccc(-c2cc(NC(=O)c3cccc(C)c3)n(C)n2)cc1)c1ccccc1. The quantitative estimate of drug-likeness (QED) is 0.432. The van der Waals surface area contributed by atoms with E-state index in [1.165, 1.54) is 5.56 Å². The maximum Gasteiger partial charge on any atom is 0.256 e. The molecule has 31 heavy (non-hydrogen) atoms. The van der Waals surface area contributed by atoms with E-state index in [1.807, 2.05) is 62.5 Å². The van der Waals surface area contributed by atoms with E-state index >= 15 is 0 Å². The number of hydrogen-bond acceptors (Lipinski definition) is 2. The molecule has 1 aromatic heterocycles. The first-order valence-corrected chi connectivity index (χ1v) is 10.2. The number of benzene rings is 3. The number of allylic oxidation sites excluding steroid dienone is 1. The lowest BCUT2D eigenvalue weighted by Crippen LogP contribution is -2.14. The molecular weight excluding hydrogens is 382 g/mol. The molecule has 0 bridgehead atoms. The molecule has 4 nitrogen and oxygen atoms in total. The van der Waals surface area contributed by atoms with Crippen molar-refractivity contribution in [2.24, 2.45) is 7.05 Å². The van der Waals surface area contributed by atoms with Crippen LogP contribution in [0.3, 0.4) is 0 Å². The van der Waals surface area contributed by atoms with Gasteiger partial charge in [-0.15, -0.1) is 0 Å². The van der Waals surface area contributed by atoms with Gasteiger partial charge < -0.3 is 5.32 Å². The Morgan fingerprint density at radius 3 is 2.35 bits per heavy atom. The number of hydrogen-bond donors (Lipinski definition) is 1. The Kier molecular flexibility index (Phi) is 5.80. The minimum absolute atomic E-state index is 0.145. The van der Waals surface area contributed by atoms with Gasteiger partial charge in [-0.25, -0.2) is 0 Å². The highest BCUT2D eigenvalue weighted by molar-refractivity contribution is 6.04. The summed E-state index contributed by atoms with van der Waals surface area (Å²) in [5, 5.41) is 7.52. The first-order chi connectivity index (χ1) is 15.0. The number of nitrogens with zero attached hydrogens (tertiary/aromatic N) is 2. The second-order valence-corrected chi connectivity index (χ2v) is 7.71. The number of carbonyl (C=O) groups excluding carboxylic acids is 1. The molecule has 0 aliphatic rings. The molecular formula is C27H25N3O. The van der Waals surface area contributed by atoms with E-state index in [2.05, 4.69) is 53.4 Å². The fourth-order valence-corrected chi connectivity index (χ4v) is 3.52. The first kappa shape index (κ1) is 20.4. The number of aromatic nitrogens is 2. The summed E-state index contributed by atoms with van der Waals surface area (Å²) in [7, 11) is 1.83. The average Bonchev–Trinajstić information content (AvgIpc) is 3.15. The van der Waals surface area contributed by atoms with Crippen LogP contribution < -0.4 is 5.32 Å². The van der Waals surface area contributed by atoms with Crippen molar-refractivity contribution in [3.63, 3.8) is 0 Å². The minimum atomic E-state index is -0.145. The van der Waals surface area contributed by atoms with Crippen molar-refractivity contribution >= 4 is 17.3 Å². The Morgan fingerprint density at radius 2 is 1.65 bits per heavy atom. The highest BCUT2D eigenvalue weighted by Crippen LogP contribution is 2.24. The molecule has 1 heterocycles. The molecule has 0 radical (unpaired) electrons. The van der Waals surface area contributed by atoms with E-state index in [4.69, 9.17) is 0 Å². The molecule has 0 aliphatic carbocycles. The summed E-state index contributed by atoms with van der Waals surface area (Å²) in [6, 6.07) is 28.0. The maximum absolute atomic E-state index is 12.6. The van der Waals surface area contributed by atoms with E-state index in [0.717, 1.165) is 34.4 Å². The lowest BCUT2D eigenvalue weighted by Gasteiger charge is -2.07. The molecule has 0 spiro atoms. The molecule has 1 N–H and O–H groups in total. The Labute approximate surface area is 182 Å². The van der Waals surface area contributed by atoms with Gasteiger partial charge in [-0.1, -0.05) is 78.9 Å². The standard InChI is InChI=1S/C27H25N3O/c1-19-8-7-11-24(16-19)27(31)28-26-18-25(29-30(26)3)23-14-12-21(13-15-23)17-20(2)22-9-5-4-6-10-22/h4-16,18H,2,17H2,1,3H3,(H,28,31). The molecule has 0 unspecified atom stereocenters. The Bertz CT molecular complexity index is 1220. The fraction of sp³-hybridized carbons (Fsp3) is 0.111. The number of carbonyl (C=O) groups is 1. The molecule has 0 atom stereocenters. The Balaban J connectivity index is 1.46. The molecule has 4 aromatic rings. The van der Waals surface area contributed by atoms with Crippen molar-refractivity contribution in [3.05, 3.63) is 114 Å². The van der Waals surface area contributed by atoms with Crippen LogP contribution >= 0.6 is 0 Å². The minimum Gasteiger partial charge on any atom is -0.307 e. The fourth-order valence-electron chi connectivity index (χ4n) is 3.52. The van der Waals surface area contributed by atoms with Crippen LogP contribution in [0.4, 0.5) is 5.82 Å². The third kappa shape index (κ3) is 4.81. The molecule has 154 valence electrons. The number of nitrogens with one attached hydrogen (secondary N) is 1. The van der Waals surface area contributed by atoms with Crippen LogP contribution in [0, 0.1) is 6.92 Å². The smallest absolute Gasteiger partial charge is 0.256 e. The van der Waals surface area contributed by atoms with Crippen molar-refractivity contribution in [1.82, 2.24) is 9.78 Å². The van der Waals surface area contributed by atoms with Crippen molar-refractivity contribution < 1.29 is 4.79 Å². The van der Waals surface area contributed by atoms with Crippen molar-refractivity contribution in [3.8, 4) is 11.3 Å². The van der Waals surface area contributed by atoms with Gasteiger partial charge in [0.2, 0.25) is 0 Å². The van der Waals surface area contributed by atoms with Gasteiger partial charge >= 0.3 is 0 Å². The van der Waals surface area contributed by atoms with Crippen molar-refractivity contribution in [2.75, 3.05) is 5.32 Å². The van der Waals surface area contributed by atoms with Crippen LogP contribution in [0.5, 0.6) is 0 Å². The molecule has 3 aromatic carbocycles. The predicted molar refractivity (Wildman–Crippen MR) is 127 cm³/mol. The largest absolute Gasteiger partial charge is 0.307 e. The molecule has 1 amide bonds. The van der Waals surface area contributed by atoms with E-state index in [1.54, 1.807) is 4.68 Å². The van der Waals surface area contributed by atoms with Crippen LogP contribution in [0.25, 0.3) is 16.8 Å². The van der Waals surface area contributed by atoms with Crippen LogP contribution in [0.15, 0.2) is 91.5 Å². The zero-order valence-corrected chi connectivity index (χ0v) is 17.8. The van der Waals surface area contributed by atoms with E-state index in [9.17, 15) is 4.79 Å². The van der Waals surface area contributed by atoms with Crippen LogP contribution in [-0.4, -0.2) is 15.7 Å². The average molecular weight is 408 g/mol. The third-order valence-electron chi connectivity index (χ3n) is 5.25. The second kappa shape index (κ2) is 8.84. The molecule has 0 fully saturated rings. The summed E-state index contributed by atoms with van der Waals surface area (Å²) in [5.74, 6) is 0.510. The maximum atomic E-state index is 12.6. The van der Waals surface area contributed by atoms with Gasteiger partial charge in [0, 0.05) is 24.2 Å². The van der Waals surface area contributed by atoms with Gasteiger partial charge in [0.15, 0.2) is 0 Å². The summed E-state index contributed by atoms with van der Waals surface area (Å²) >= 11 is 0. The zero-order valence-electron chi connectivity index (χ0n) is 17.8. The summed E-state index contributed by atoms with van der Waals surface area (Å²) in [6.45, 7) is 6.19. The lowest BCUT2D eigenvalue weighted by atomic mass is 9.98. The van der Waals surface area contributed by atoms with Crippen molar-refractivity contribution in [1.29, 1.82) is 0 Å². The van der Waals surface area contributed by atoms with Gasteiger partial charge in [-0.3, -0.25) is 9.48 Å². The van der Waals surface area contributed by atoms with Gasteiger partial charge in [-0.2, -0.15) is 5.10 Å². The normalized spacial score (nSPS) is 10.6. The molecule has 4 heteroatoms. The predicted octanol–water partition coefficient (Wildman–Crippen LogP) is 5.90. The Morgan fingerprint density at radius 1 is 0.935 bits per heavy atom.